The Morgan fingerprint density at radius 2 is 2.15 bits per heavy atom. The second-order valence-electron chi connectivity index (χ2n) is 4.03. The van der Waals surface area contributed by atoms with E-state index in [2.05, 4.69) is 10.1 Å². The van der Waals surface area contributed by atoms with E-state index in [-0.39, 0.29) is 12.3 Å². The van der Waals surface area contributed by atoms with Crippen LogP contribution in [0.4, 0.5) is 13.2 Å². The molecule has 0 heterocycles. The fourth-order valence-electron chi connectivity index (χ4n) is 1.44. The van der Waals surface area contributed by atoms with Gasteiger partial charge in [0.15, 0.2) is 0 Å². The van der Waals surface area contributed by atoms with E-state index >= 15 is 0 Å². The van der Waals surface area contributed by atoms with Gasteiger partial charge in [-0.1, -0.05) is 12.1 Å². The summed E-state index contributed by atoms with van der Waals surface area (Å²) in [6.45, 7) is -0.275. The van der Waals surface area contributed by atoms with Gasteiger partial charge in [-0.25, -0.2) is 0 Å². The largest absolute Gasteiger partial charge is 0.573 e. The minimum atomic E-state index is -4.74. The molecule has 1 aromatic carbocycles. The number of nitrogens with one attached hydrogen (secondary N) is 1. The molecule has 1 aromatic rings. The molecule has 0 aliphatic rings. The molecule has 20 heavy (non-hydrogen) atoms. The Bertz CT molecular complexity index is 452. The van der Waals surface area contributed by atoms with Crippen LogP contribution in [0.2, 0.25) is 0 Å². The lowest BCUT2D eigenvalue weighted by atomic mass is 10.1. The van der Waals surface area contributed by atoms with E-state index in [0.717, 1.165) is 0 Å². The van der Waals surface area contributed by atoms with Gasteiger partial charge < -0.3 is 20.9 Å². The Hall–Kier alpha value is -1.80. The number of hydrogen-bond donors (Lipinski definition) is 3. The van der Waals surface area contributed by atoms with E-state index in [9.17, 15) is 18.0 Å². The molecule has 1 rings (SSSR count). The van der Waals surface area contributed by atoms with Crippen LogP contribution in [0.5, 0.6) is 5.75 Å². The van der Waals surface area contributed by atoms with Gasteiger partial charge in [0.2, 0.25) is 5.91 Å². The maximum atomic E-state index is 12.0. The van der Waals surface area contributed by atoms with Gasteiger partial charge in [-0.15, -0.1) is 13.2 Å². The first-order valence-corrected chi connectivity index (χ1v) is 5.80. The number of aliphatic hydroxyl groups excluding tert-OH is 1. The highest BCUT2D eigenvalue weighted by atomic mass is 19.4. The maximum Gasteiger partial charge on any atom is 0.573 e. The predicted octanol–water partition coefficient (Wildman–Crippen LogP) is 0.564. The number of carbonyl (C=O) groups is 1. The van der Waals surface area contributed by atoms with Crippen molar-refractivity contribution in [1.82, 2.24) is 5.32 Å². The highest BCUT2D eigenvalue weighted by Crippen LogP contribution is 2.23. The fourth-order valence-corrected chi connectivity index (χ4v) is 1.44. The van der Waals surface area contributed by atoms with Crippen LogP contribution < -0.4 is 15.8 Å². The molecular formula is C12H15F3N2O3. The van der Waals surface area contributed by atoms with Gasteiger partial charge in [-0.3, -0.25) is 4.79 Å². The highest BCUT2D eigenvalue weighted by molar-refractivity contribution is 5.81. The van der Waals surface area contributed by atoms with Crippen LogP contribution >= 0.6 is 0 Å². The SMILES string of the molecule is N[C@H](CO)C(=O)NCCc1cccc(OC(F)(F)F)c1. The number of rotatable bonds is 6. The van der Waals surface area contributed by atoms with E-state index in [1.165, 1.54) is 18.2 Å². The molecule has 112 valence electrons. The third-order valence-electron chi connectivity index (χ3n) is 2.38. The normalized spacial score (nSPS) is 12.8. The summed E-state index contributed by atoms with van der Waals surface area (Å²) in [6, 6.07) is 4.47. The molecule has 0 unspecified atom stereocenters. The molecule has 0 radical (unpaired) electrons. The van der Waals surface area contributed by atoms with Crippen LogP contribution in [0, 0.1) is 0 Å². The van der Waals surface area contributed by atoms with E-state index < -0.39 is 24.9 Å². The van der Waals surface area contributed by atoms with Gasteiger partial charge in [0.25, 0.3) is 0 Å². The monoisotopic (exact) mass is 292 g/mol. The summed E-state index contributed by atoms with van der Waals surface area (Å²) >= 11 is 0. The lowest BCUT2D eigenvalue weighted by Gasteiger charge is -2.11. The van der Waals surface area contributed by atoms with E-state index in [4.69, 9.17) is 10.8 Å². The van der Waals surface area contributed by atoms with Gasteiger partial charge in [0, 0.05) is 6.54 Å². The standard InChI is InChI=1S/C12H15F3N2O3/c13-12(14,15)20-9-3-1-2-8(6-9)4-5-17-11(19)10(16)7-18/h1-3,6,10,18H,4-5,7,16H2,(H,17,19)/t10-/m1/s1. The zero-order chi connectivity index (χ0) is 15.2. The number of benzene rings is 1. The Kier molecular flexibility index (Phi) is 5.78. The molecule has 0 aromatic heterocycles. The molecule has 0 saturated heterocycles. The first-order chi connectivity index (χ1) is 9.31. The van der Waals surface area contributed by atoms with Crippen molar-refractivity contribution >= 4 is 5.91 Å². The van der Waals surface area contributed by atoms with Crippen LogP contribution in [0.15, 0.2) is 24.3 Å². The lowest BCUT2D eigenvalue weighted by molar-refractivity contribution is -0.274. The Morgan fingerprint density at radius 1 is 1.45 bits per heavy atom. The number of hydrogen-bond acceptors (Lipinski definition) is 4. The van der Waals surface area contributed by atoms with Gasteiger partial charge in [-0.2, -0.15) is 0 Å². The minimum absolute atomic E-state index is 0.196. The van der Waals surface area contributed by atoms with Crippen LogP contribution in [0.1, 0.15) is 5.56 Å². The van der Waals surface area contributed by atoms with Crippen molar-refractivity contribution in [3.8, 4) is 5.75 Å². The van der Waals surface area contributed by atoms with Crippen LogP contribution in [0.3, 0.4) is 0 Å². The molecule has 0 spiro atoms. The van der Waals surface area contributed by atoms with Crippen LogP contribution in [0.25, 0.3) is 0 Å². The summed E-state index contributed by atoms with van der Waals surface area (Å²) < 4.78 is 39.9. The molecule has 0 aliphatic heterocycles. The third kappa shape index (κ3) is 5.89. The first kappa shape index (κ1) is 16.3. The molecule has 0 bridgehead atoms. The molecular weight excluding hydrogens is 277 g/mol. The Morgan fingerprint density at radius 3 is 2.75 bits per heavy atom. The average Bonchev–Trinajstić information content (AvgIpc) is 2.36. The van der Waals surface area contributed by atoms with Crippen LogP contribution in [-0.4, -0.2) is 36.6 Å². The van der Waals surface area contributed by atoms with Crippen molar-refractivity contribution in [1.29, 1.82) is 0 Å². The maximum absolute atomic E-state index is 12.0. The molecule has 0 aliphatic carbocycles. The number of halogens is 3. The van der Waals surface area contributed by atoms with Gasteiger partial charge in [-0.05, 0) is 24.1 Å². The summed E-state index contributed by atoms with van der Waals surface area (Å²) in [4.78, 5) is 11.2. The third-order valence-corrected chi connectivity index (χ3v) is 2.38. The second-order valence-corrected chi connectivity index (χ2v) is 4.03. The number of ether oxygens (including phenoxy) is 1. The molecule has 1 amide bonds. The quantitative estimate of drug-likeness (QED) is 0.715. The van der Waals surface area contributed by atoms with E-state index in [1.807, 2.05) is 0 Å². The van der Waals surface area contributed by atoms with Crippen molar-refractivity contribution in [3.05, 3.63) is 29.8 Å². The Balaban J connectivity index is 2.49. The van der Waals surface area contributed by atoms with Gasteiger partial charge in [0.1, 0.15) is 11.8 Å². The first-order valence-electron chi connectivity index (χ1n) is 5.80. The topological polar surface area (TPSA) is 84.6 Å². The molecule has 8 heteroatoms. The average molecular weight is 292 g/mol. The number of aliphatic hydroxyl groups is 1. The van der Waals surface area contributed by atoms with Gasteiger partial charge in [0.05, 0.1) is 6.61 Å². The molecule has 0 saturated carbocycles. The van der Waals surface area contributed by atoms with Crippen molar-refractivity contribution in [2.75, 3.05) is 13.2 Å². The molecule has 0 fully saturated rings. The summed E-state index contributed by atoms with van der Waals surface area (Å²) in [5, 5.41) is 11.1. The number of alkyl halides is 3. The van der Waals surface area contributed by atoms with E-state index in [1.54, 1.807) is 6.07 Å². The highest BCUT2D eigenvalue weighted by Gasteiger charge is 2.31. The van der Waals surface area contributed by atoms with Crippen molar-refractivity contribution in [2.45, 2.75) is 18.8 Å². The van der Waals surface area contributed by atoms with Crippen molar-refractivity contribution in [3.63, 3.8) is 0 Å². The van der Waals surface area contributed by atoms with Gasteiger partial charge >= 0.3 is 6.36 Å². The smallest absolute Gasteiger partial charge is 0.406 e. The number of nitrogens with two attached hydrogens (primary N) is 1. The van der Waals surface area contributed by atoms with Crippen LogP contribution in [-0.2, 0) is 11.2 Å². The number of carbonyl (C=O) groups excluding carboxylic acids is 1. The lowest BCUT2D eigenvalue weighted by Crippen LogP contribution is -2.43. The summed E-state index contributed by atoms with van der Waals surface area (Å²) in [6.07, 6.45) is -4.42. The Labute approximate surface area is 113 Å². The summed E-state index contributed by atoms with van der Waals surface area (Å²) in [7, 11) is 0. The van der Waals surface area contributed by atoms with Crippen molar-refractivity contribution in [2.24, 2.45) is 5.73 Å². The van der Waals surface area contributed by atoms with E-state index in [0.29, 0.717) is 12.0 Å². The summed E-state index contributed by atoms with van der Waals surface area (Å²) in [5.74, 6) is -0.830. The zero-order valence-corrected chi connectivity index (χ0v) is 10.5. The second kappa shape index (κ2) is 7.11. The predicted molar refractivity (Wildman–Crippen MR) is 64.9 cm³/mol. The number of amides is 1. The minimum Gasteiger partial charge on any atom is -0.406 e. The molecule has 4 N–H and O–H groups in total. The summed E-state index contributed by atoms with van der Waals surface area (Å²) in [5.41, 5.74) is 5.86. The van der Waals surface area contributed by atoms with Crippen molar-refractivity contribution < 1.29 is 27.8 Å². The zero-order valence-electron chi connectivity index (χ0n) is 10.5. The fraction of sp³-hybridized carbons (Fsp3) is 0.417. The molecule has 1 atom stereocenters. The molecule has 5 nitrogen and oxygen atoms in total.